The Bertz CT molecular complexity index is 808. The van der Waals surface area contributed by atoms with E-state index >= 15 is 0 Å². The summed E-state index contributed by atoms with van der Waals surface area (Å²) in [7, 11) is 0. The molecule has 4 heteroatoms. The highest BCUT2D eigenvalue weighted by Gasteiger charge is 2.05. The first kappa shape index (κ1) is 18.8. The van der Waals surface area contributed by atoms with Gasteiger partial charge in [-0.05, 0) is 74.2 Å². The van der Waals surface area contributed by atoms with Gasteiger partial charge in [0.25, 0.3) is 0 Å². The van der Waals surface area contributed by atoms with Gasteiger partial charge < -0.3 is 9.47 Å². The molecule has 0 heterocycles. The van der Waals surface area contributed by atoms with Crippen LogP contribution in [0.5, 0.6) is 0 Å². The number of hydrogen-bond acceptors (Lipinski definition) is 4. The van der Waals surface area contributed by atoms with Gasteiger partial charge in [0.1, 0.15) is 0 Å². The van der Waals surface area contributed by atoms with Gasteiger partial charge in [-0.3, -0.25) is 0 Å². The average molecular weight is 346 g/mol. The molecule has 0 radical (unpaired) electrons. The van der Waals surface area contributed by atoms with Crippen LogP contribution in [-0.4, -0.2) is 25.2 Å². The largest absolute Gasteiger partial charge is 0.462 e. The molecule has 2 rings (SSSR count). The summed E-state index contributed by atoms with van der Waals surface area (Å²) < 4.78 is 9.85. The third kappa shape index (κ3) is 5.54. The molecule has 0 aliphatic heterocycles. The molecule has 0 atom stereocenters. The van der Waals surface area contributed by atoms with Crippen molar-refractivity contribution in [2.75, 3.05) is 13.2 Å². The van der Waals surface area contributed by atoms with Gasteiger partial charge in [-0.2, -0.15) is 0 Å². The van der Waals surface area contributed by atoms with Crippen LogP contribution in [0.4, 0.5) is 0 Å². The highest BCUT2D eigenvalue weighted by Crippen LogP contribution is 2.06. The van der Waals surface area contributed by atoms with Crippen LogP contribution in [0.3, 0.4) is 0 Å². The summed E-state index contributed by atoms with van der Waals surface area (Å²) in [5.74, 6) is 10.6. The van der Waals surface area contributed by atoms with Crippen molar-refractivity contribution in [2.24, 2.45) is 0 Å². The lowest BCUT2D eigenvalue weighted by atomic mass is 10.1. The number of benzene rings is 2. The first-order valence-corrected chi connectivity index (χ1v) is 8.20. The Balaban J connectivity index is 2.00. The topological polar surface area (TPSA) is 52.6 Å². The maximum atomic E-state index is 11.6. The third-order valence-electron chi connectivity index (χ3n) is 3.27. The minimum atomic E-state index is -0.349. The number of carbonyl (C=O) groups is 2. The average Bonchev–Trinajstić information content (AvgIpc) is 2.66. The third-order valence-corrected chi connectivity index (χ3v) is 3.27. The molecule has 0 saturated carbocycles. The summed E-state index contributed by atoms with van der Waals surface area (Å²) in [6, 6.07) is 13.7. The smallest absolute Gasteiger partial charge is 0.338 e. The Morgan fingerprint density at radius 3 is 1.35 bits per heavy atom. The van der Waals surface area contributed by atoms with Gasteiger partial charge in [0.2, 0.25) is 0 Å². The summed E-state index contributed by atoms with van der Waals surface area (Å²) in [6.45, 7) is 4.22. The Hall–Kier alpha value is -3.50. The molecule has 0 spiro atoms. The molecule has 2 aromatic carbocycles. The normalized spacial score (nSPS) is 9.15. The second-order valence-electron chi connectivity index (χ2n) is 5.10. The molecule has 0 saturated heterocycles. The standard InChI is InChI=1S/C22H18O4/c1-3-25-21(23)19-13-9-17(10-14-19)7-5-6-8-18-11-15-20(16-12-18)22(24)26-4-2/h9-16H,3-4H2,1-2H3. The molecule has 0 amide bonds. The van der Waals surface area contributed by atoms with E-state index in [1.807, 2.05) is 0 Å². The molecule has 0 aliphatic rings. The summed E-state index contributed by atoms with van der Waals surface area (Å²) >= 11 is 0. The van der Waals surface area contributed by atoms with Gasteiger partial charge in [-0.15, -0.1) is 0 Å². The lowest BCUT2D eigenvalue weighted by Crippen LogP contribution is -2.04. The summed E-state index contributed by atoms with van der Waals surface area (Å²) in [4.78, 5) is 23.1. The molecule has 4 nitrogen and oxygen atoms in total. The van der Waals surface area contributed by atoms with E-state index in [1.54, 1.807) is 62.4 Å². The van der Waals surface area contributed by atoms with E-state index in [4.69, 9.17) is 9.47 Å². The summed E-state index contributed by atoms with van der Waals surface area (Å²) in [6.07, 6.45) is 0. The second kappa shape index (κ2) is 9.71. The Morgan fingerprint density at radius 2 is 1.04 bits per heavy atom. The van der Waals surface area contributed by atoms with Crippen molar-refractivity contribution in [1.82, 2.24) is 0 Å². The van der Waals surface area contributed by atoms with Gasteiger partial charge in [0.15, 0.2) is 0 Å². The first-order valence-electron chi connectivity index (χ1n) is 8.20. The summed E-state index contributed by atoms with van der Waals surface area (Å²) in [5, 5.41) is 0. The van der Waals surface area contributed by atoms with E-state index in [9.17, 15) is 9.59 Å². The zero-order valence-corrected chi connectivity index (χ0v) is 14.7. The number of ether oxygens (including phenoxy) is 2. The van der Waals surface area contributed by atoms with Crippen LogP contribution in [0.1, 0.15) is 45.7 Å². The van der Waals surface area contributed by atoms with Gasteiger partial charge in [0, 0.05) is 11.1 Å². The predicted molar refractivity (Wildman–Crippen MR) is 98.6 cm³/mol. The van der Waals surface area contributed by atoms with Gasteiger partial charge in [-0.1, -0.05) is 11.8 Å². The SMILES string of the molecule is CCOC(=O)c1ccc(C#CC#Cc2ccc(C(=O)OCC)cc2)cc1. The zero-order chi connectivity index (χ0) is 18.8. The molecule has 0 aliphatic carbocycles. The van der Waals surface area contributed by atoms with Gasteiger partial charge in [-0.25, -0.2) is 9.59 Å². The van der Waals surface area contributed by atoms with Crippen molar-refractivity contribution < 1.29 is 19.1 Å². The summed E-state index contributed by atoms with van der Waals surface area (Å²) in [5.41, 5.74) is 2.49. The first-order chi connectivity index (χ1) is 12.6. The van der Waals surface area contributed by atoms with Gasteiger partial charge in [0.05, 0.1) is 24.3 Å². The fraction of sp³-hybridized carbons (Fsp3) is 0.182. The van der Waals surface area contributed by atoms with Crippen LogP contribution >= 0.6 is 0 Å². The maximum absolute atomic E-state index is 11.6. The minimum absolute atomic E-state index is 0.344. The maximum Gasteiger partial charge on any atom is 0.338 e. The number of carbonyl (C=O) groups excluding carboxylic acids is 2. The van der Waals surface area contributed by atoms with E-state index in [0.717, 1.165) is 11.1 Å². The van der Waals surface area contributed by atoms with Crippen LogP contribution in [0.2, 0.25) is 0 Å². The molecular formula is C22H18O4. The highest BCUT2D eigenvalue weighted by molar-refractivity contribution is 5.90. The fourth-order valence-corrected chi connectivity index (χ4v) is 2.01. The molecule has 2 aromatic rings. The minimum Gasteiger partial charge on any atom is -0.462 e. The molecule has 130 valence electrons. The van der Waals surface area contributed by atoms with E-state index in [1.165, 1.54) is 0 Å². The fourth-order valence-electron chi connectivity index (χ4n) is 2.01. The Morgan fingerprint density at radius 1 is 0.692 bits per heavy atom. The zero-order valence-electron chi connectivity index (χ0n) is 14.7. The van der Waals surface area contributed by atoms with E-state index < -0.39 is 0 Å². The van der Waals surface area contributed by atoms with Crippen molar-refractivity contribution in [3.63, 3.8) is 0 Å². The number of esters is 2. The van der Waals surface area contributed by atoms with Crippen LogP contribution in [0.15, 0.2) is 48.5 Å². The van der Waals surface area contributed by atoms with Gasteiger partial charge >= 0.3 is 11.9 Å². The van der Waals surface area contributed by atoms with E-state index in [2.05, 4.69) is 23.7 Å². The lowest BCUT2D eigenvalue weighted by Gasteiger charge is -2.00. The molecule has 0 aromatic heterocycles. The van der Waals surface area contributed by atoms with E-state index in [-0.39, 0.29) is 11.9 Å². The number of hydrogen-bond donors (Lipinski definition) is 0. The number of rotatable bonds is 4. The van der Waals surface area contributed by atoms with E-state index in [0.29, 0.717) is 24.3 Å². The van der Waals surface area contributed by atoms with Crippen molar-refractivity contribution in [1.29, 1.82) is 0 Å². The van der Waals surface area contributed by atoms with Crippen molar-refractivity contribution in [3.8, 4) is 23.7 Å². The molecule has 0 fully saturated rings. The lowest BCUT2D eigenvalue weighted by molar-refractivity contribution is 0.0516. The van der Waals surface area contributed by atoms with Crippen LogP contribution in [0.25, 0.3) is 0 Å². The molecule has 26 heavy (non-hydrogen) atoms. The monoisotopic (exact) mass is 346 g/mol. The van der Waals surface area contributed by atoms with Crippen LogP contribution in [0, 0.1) is 23.7 Å². The Labute approximate surface area is 153 Å². The molecule has 0 bridgehead atoms. The Kier molecular flexibility index (Phi) is 7.04. The molecule has 0 unspecified atom stereocenters. The molecule has 0 N–H and O–H groups in total. The van der Waals surface area contributed by atoms with Crippen LogP contribution < -0.4 is 0 Å². The van der Waals surface area contributed by atoms with Crippen molar-refractivity contribution >= 4 is 11.9 Å². The van der Waals surface area contributed by atoms with Crippen LogP contribution in [-0.2, 0) is 9.47 Å². The predicted octanol–water partition coefficient (Wildman–Crippen LogP) is 3.44. The van der Waals surface area contributed by atoms with Crippen molar-refractivity contribution in [3.05, 3.63) is 70.8 Å². The van der Waals surface area contributed by atoms with Crippen molar-refractivity contribution in [2.45, 2.75) is 13.8 Å². The quantitative estimate of drug-likeness (QED) is 0.629. The highest BCUT2D eigenvalue weighted by atomic mass is 16.5. The second-order valence-corrected chi connectivity index (χ2v) is 5.10. The molecular weight excluding hydrogens is 328 g/mol.